The van der Waals surface area contributed by atoms with Gasteiger partial charge in [0.1, 0.15) is 5.75 Å². The van der Waals surface area contributed by atoms with Crippen LogP contribution in [0.25, 0.3) is 5.57 Å². The van der Waals surface area contributed by atoms with Gasteiger partial charge in [0, 0.05) is 0 Å². The van der Waals surface area contributed by atoms with Crippen LogP contribution < -0.4 is 4.74 Å². The number of ether oxygens (including phenoxy) is 1. The molecule has 1 aliphatic carbocycles. The predicted molar refractivity (Wildman–Crippen MR) is 119 cm³/mol. The lowest BCUT2D eigenvalue weighted by Gasteiger charge is -2.22. The molecular weight excluding hydrogens is 328 g/mol. The maximum Gasteiger partial charge on any atom is 0.119 e. The highest BCUT2D eigenvalue weighted by Crippen LogP contribution is 2.33. The van der Waals surface area contributed by atoms with Gasteiger partial charge < -0.3 is 4.74 Å². The molecule has 0 N–H and O–H groups in total. The highest BCUT2D eigenvalue weighted by atomic mass is 16.5. The quantitative estimate of drug-likeness (QED) is 0.316. The van der Waals surface area contributed by atoms with E-state index in [1.165, 1.54) is 82.6 Å². The molecule has 1 heteroatoms. The van der Waals surface area contributed by atoms with E-state index in [0.29, 0.717) is 5.92 Å². The van der Waals surface area contributed by atoms with Crippen LogP contribution in [-0.2, 0) is 0 Å². The topological polar surface area (TPSA) is 9.23 Å². The summed E-state index contributed by atoms with van der Waals surface area (Å²) in [6.07, 6.45) is 18.5. The Morgan fingerprint density at radius 3 is 2.37 bits per heavy atom. The monoisotopic (exact) mass is 370 g/mol. The maximum absolute atomic E-state index is 6.06. The number of allylic oxidation sites excluding steroid dienone is 2. The van der Waals surface area contributed by atoms with Crippen LogP contribution in [0.4, 0.5) is 0 Å². The van der Waals surface area contributed by atoms with Crippen LogP contribution in [0, 0.1) is 11.8 Å². The largest absolute Gasteiger partial charge is 0.493 e. The molecule has 2 atom stereocenters. The lowest BCUT2D eigenvalue weighted by atomic mass is 9.84. The van der Waals surface area contributed by atoms with E-state index in [1.54, 1.807) is 5.57 Å². The summed E-state index contributed by atoms with van der Waals surface area (Å²) in [7, 11) is 0. The Labute approximate surface area is 168 Å². The highest BCUT2D eigenvalue weighted by Gasteiger charge is 2.15. The van der Waals surface area contributed by atoms with Crippen molar-refractivity contribution < 1.29 is 4.74 Å². The van der Waals surface area contributed by atoms with E-state index in [2.05, 4.69) is 51.1 Å². The van der Waals surface area contributed by atoms with Crippen molar-refractivity contribution >= 4 is 5.57 Å². The number of benzene rings is 1. The van der Waals surface area contributed by atoms with E-state index in [4.69, 9.17) is 4.74 Å². The molecule has 0 fully saturated rings. The molecule has 0 heterocycles. The number of unbranched alkanes of at least 4 members (excludes halogenated alkanes) is 4. The molecule has 1 aromatic rings. The van der Waals surface area contributed by atoms with Crippen molar-refractivity contribution in [2.75, 3.05) is 6.61 Å². The van der Waals surface area contributed by atoms with Gasteiger partial charge in [-0.25, -0.2) is 0 Å². The van der Waals surface area contributed by atoms with Crippen molar-refractivity contribution in [3.63, 3.8) is 0 Å². The third-order valence-corrected chi connectivity index (χ3v) is 6.24. The summed E-state index contributed by atoms with van der Waals surface area (Å²) in [5.74, 6) is 2.64. The fourth-order valence-electron chi connectivity index (χ4n) is 4.15. The van der Waals surface area contributed by atoms with E-state index >= 15 is 0 Å². The average Bonchev–Trinajstić information content (AvgIpc) is 2.72. The Balaban J connectivity index is 1.77. The molecule has 1 aromatic carbocycles. The van der Waals surface area contributed by atoms with Crippen molar-refractivity contribution in [2.45, 2.75) is 97.8 Å². The zero-order valence-corrected chi connectivity index (χ0v) is 18.1. The molecule has 0 aliphatic heterocycles. The van der Waals surface area contributed by atoms with Crippen LogP contribution in [0.1, 0.15) is 103 Å². The second-order valence-electron chi connectivity index (χ2n) is 8.47. The van der Waals surface area contributed by atoms with Gasteiger partial charge in [-0.2, -0.15) is 0 Å². The second kappa shape index (κ2) is 13.0. The molecule has 2 unspecified atom stereocenters. The summed E-state index contributed by atoms with van der Waals surface area (Å²) in [5, 5.41) is 0. The first-order valence-corrected chi connectivity index (χ1v) is 11.7. The Kier molecular flexibility index (Phi) is 10.6. The van der Waals surface area contributed by atoms with Crippen molar-refractivity contribution in [3.05, 3.63) is 35.9 Å². The van der Waals surface area contributed by atoms with Gasteiger partial charge in [-0.3, -0.25) is 0 Å². The van der Waals surface area contributed by atoms with Gasteiger partial charge in [0.25, 0.3) is 0 Å². The van der Waals surface area contributed by atoms with Gasteiger partial charge in [-0.15, -0.1) is 0 Å². The van der Waals surface area contributed by atoms with Gasteiger partial charge in [0.15, 0.2) is 0 Å². The molecule has 2 rings (SSSR count). The van der Waals surface area contributed by atoms with Crippen LogP contribution >= 0.6 is 0 Å². The zero-order chi connectivity index (χ0) is 19.3. The van der Waals surface area contributed by atoms with Gasteiger partial charge in [-0.05, 0) is 60.8 Å². The third kappa shape index (κ3) is 8.11. The highest BCUT2D eigenvalue weighted by molar-refractivity contribution is 5.66. The van der Waals surface area contributed by atoms with E-state index in [0.717, 1.165) is 18.3 Å². The van der Waals surface area contributed by atoms with E-state index < -0.39 is 0 Å². The predicted octanol–water partition coefficient (Wildman–Crippen LogP) is 8.44. The number of hydrogen-bond donors (Lipinski definition) is 0. The minimum absolute atomic E-state index is 0.694. The zero-order valence-electron chi connectivity index (χ0n) is 18.1. The lowest BCUT2D eigenvalue weighted by Crippen LogP contribution is -2.11. The smallest absolute Gasteiger partial charge is 0.119 e. The molecule has 0 amide bonds. The van der Waals surface area contributed by atoms with E-state index in [-0.39, 0.29) is 0 Å². The third-order valence-electron chi connectivity index (χ3n) is 6.24. The average molecular weight is 371 g/mol. The van der Waals surface area contributed by atoms with Crippen LogP contribution in [0.5, 0.6) is 5.75 Å². The summed E-state index contributed by atoms with van der Waals surface area (Å²) >= 11 is 0. The first-order chi connectivity index (χ1) is 13.3. The van der Waals surface area contributed by atoms with Crippen molar-refractivity contribution in [1.29, 1.82) is 0 Å². The SMILES string of the molecule is CCCCCCC1CC=C(c2ccc(OCC(CC)CCCC)cc2)CC1. The molecule has 1 aliphatic rings. The Bertz CT molecular complexity index is 528. The Hall–Kier alpha value is -1.24. The minimum Gasteiger partial charge on any atom is -0.493 e. The lowest BCUT2D eigenvalue weighted by molar-refractivity contribution is 0.233. The van der Waals surface area contributed by atoms with Crippen LogP contribution in [-0.4, -0.2) is 6.61 Å². The summed E-state index contributed by atoms with van der Waals surface area (Å²) < 4.78 is 6.06. The second-order valence-corrected chi connectivity index (χ2v) is 8.47. The van der Waals surface area contributed by atoms with Gasteiger partial charge in [0.05, 0.1) is 6.61 Å². The van der Waals surface area contributed by atoms with Gasteiger partial charge >= 0.3 is 0 Å². The van der Waals surface area contributed by atoms with Gasteiger partial charge in [0.2, 0.25) is 0 Å². The number of rotatable bonds is 13. The van der Waals surface area contributed by atoms with Crippen LogP contribution in [0.3, 0.4) is 0 Å². The summed E-state index contributed by atoms with van der Waals surface area (Å²) in [4.78, 5) is 0. The van der Waals surface area contributed by atoms with Crippen LogP contribution in [0.15, 0.2) is 30.3 Å². The summed E-state index contributed by atoms with van der Waals surface area (Å²) in [5.41, 5.74) is 2.94. The minimum atomic E-state index is 0.694. The fraction of sp³-hybridized carbons (Fsp3) is 0.692. The first kappa shape index (κ1) is 22.1. The molecule has 152 valence electrons. The molecule has 1 nitrogen and oxygen atoms in total. The molecule has 0 spiro atoms. The van der Waals surface area contributed by atoms with E-state index in [1.807, 2.05) is 0 Å². The molecular formula is C26H42O. The Morgan fingerprint density at radius 1 is 0.963 bits per heavy atom. The van der Waals surface area contributed by atoms with E-state index in [9.17, 15) is 0 Å². The van der Waals surface area contributed by atoms with Crippen molar-refractivity contribution in [1.82, 2.24) is 0 Å². The summed E-state index contributed by atoms with van der Waals surface area (Å²) in [6.45, 7) is 7.69. The molecule has 0 saturated heterocycles. The standard InChI is InChI=1S/C26H42O/c1-4-7-9-10-12-23-13-15-24(16-14-23)25-17-19-26(20-18-25)27-21-22(6-3)11-8-5-2/h15,17-20,22-23H,4-14,16,21H2,1-3H3. The normalized spacial score (nSPS) is 18.2. The molecule has 0 aromatic heterocycles. The molecule has 0 radical (unpaired) electrons. The van der Waals surface area contributed by atoms with Crippen molar-refractivity contribution in [2.24, 2.45) is 11.8 Å². The first-order valence-electron chi connectivity index (χ1n) is 11.7. The number of hydrogen-bond acceptors (Lipinski definition) is 1. The maximum atomic E-state index is 6.06. The summed E-state index contributed by atoms with van der Waals surface area (Å²) in [6, 6.07) is 8.85. The Morgan fingerprint density at radius 2 is 1.74 bits per heavy atom. The van der Waals surface area contributed by atoms with Crippen molar-refractivity contribution in [3.8, 4) is 5.75 Å². The molecule has 0 bridgehead atoms. The molecule has 0 saturated carbocycles. The molecule has 27 heavy (non-hydrogen) atoms. The fourth-order valence-corrected chi connectivity index (χ4v) is 4.15. The van der Waals surface area contributed by atoms with Gasteiger partial charge in [-0.1, -0.05) is 90.3 Å². The van der Waals surface area contributed by atoms with Crippen LogP contribution in [0.2, 0.25) is 0 Å².